The van der Waals surface area contributed by atoms with Crippen molar-refractivity contribution in [3.8, 4) is 0 Å². The van der Waals surface area contributed by atoms with Gasteiger partial charge in [-0.2, -0.15) is 0 Å². The van der Waals surface area contributed by atoms with Gasteiger partial charge in [-0.1, -0.05) is 53.9 Å². The standard InChI is InChI=1S/C29H50O4/c1-18(2)8-7-9-19(3)23-10-11-24-22-16-26(33-20(4)30)29(32)17-21(31)12-15-28(29,6)25(22)13-14-27(23,24)5/h18-19,21-26,31-32H,7-17H2,1-6H3/t19-,21+,22+,23-,24+,25-,26-,27-,28+,29-/m1/s1. The molecule has 4 nitrogen and oxygen atoms in total. The van der Waals surface area contributed by atoms with Gasteiger partial charge in [0.1, 0.15) is 11.7 Å². The Balaban J connectivity index is 1.58. The van der Waals surface area contributed by atoms with Crippen molar-refractivity contribution < 1.29 is 19.7 Å². The van der Waals surface area contributed by atoms with Gasteiger partial charge in [0.2, 0.25) is 0 Å². The summed E-state index contributed by atoms with van der Waals surface area (Å²) in [6, 6.07) is 0. The van der Waals surface area contributed by atoms with Crippen LogP contribution in [-0.2, 0) is 9.53 Å². The number of ether oxygens (including phenoxy) is 1. The van der Waals surface area contributed by atoms with E-state index in [1.165, 1.54) is 45.4 Å². The third kappa shape index (κ3) is 4.20. The van der Waals surface area contributed by atoms with Gasteiger partial charge in [-0.3, -0.25) is 4.79 Å². The fourth-order valence-corrected chi connectivity index (χ4v) is 9.60. The van der Waals surface area contributed by atoms with Gasteiger partial charge in [0, 0.05) is 18.8 Å². The predicted molar refractivity (Wildman–Crippen MR) is 131 cm³/mol. The van der Waals surface area contributed by atoms with Crippen molar-refractivity contribution >= 4 is 5.97 Å². The minimum atomic E-state index is -1.12. The van der Waals surface area contributed by atoms with Gasteiger partial charge in [0.25, 0.3) is 0 Å². The molecule has 4 heteroatoms. The zero-order valence-corrected chi connectivity index (χ0v) is 22.1. The number of esters is 1. The van der Waals surface area contributed by atoms with Crippen LogP contribution in [0.5, 0.6) is 0 Å². The van der Waals surface area contributed by atoms with E-state index < -0.39 is 17.8 Å². The van der Waals surface area contributed by atoms with E-state index in [0.717, 1.165) is 43.4 Å². The lowest BCUT2D eigenvalue weighted by Gasteiger charge is -2.65. The molecule has 0 amide bonds. The zero-order chi connectivity index (χ0) is 24.2. The van der Waals surface area contributed by atoms with Crippen molar-refractivity contribution in [3.05, 3.63) is 0 Å². The summed E-state index contributed by atoms with van der Waals surface area (Å²) in [5.41, 5.74) is -1.05. The summed E-state index contributed by atoms with van der Waals surface area (Å²) in [6.07, 6.45) is 10.7. The van der Waals surface area contributed by atoms with Gasteiger partial charge in [0.05, 0.1) is 6.10 Å². The Hall–Kier alpha value is -0.610. The molecule has 190 valence electrons. The Morgan fingerprint density at radius 1 is 1.03 bits per heavy atom. The van der Waals surface area contributed by atoms with Crippen LogP contribution in [0.4, 0.5) is 0 Å². The fourth-order valence-electron chi connectivity index (χ4n) is 9.60. The van der Waals surface area contributed by atoms with Crippen LogP contribution in [-0.4, -0.2) is 34.0 Å². The number of hydrogen-bond donors (Lipinski definition) is 2. The summed E-state index contributed by atoms with van der Waals surface area (Å²) in [5, 5.41) is 22.5. The molecule has 4 fully saturated rings. The molecule has 0 radical (unpaired) electrons. The van der Waals surface area contributed by atoms with Crippen LogP contribution >= 0.6 is 0 Å². The van der Waals surface area contributed by atoms with Crippen molar-refractivity contribution in [2.75, 3.05) is 0 Å². The predicted octanol–water partition coefficient (Wildman–Crippen LogP) is 6.13. The second-order valence-corrected chi connectivity index (χ2v) is 13.5. The van der Waals surface area contributed by atoms with Gasteiger partial charge in [-0.15, -0.1) is 0 Å². The molecular formula is C29H50O4. The second kappa shape index (κ2) is 9.12. The first-order valence-electron chi connectivity index (χ1n) is 14.0. The summed E-state index contributed by atoms with van der Waals surface area (Å²) in [5.74, 6) is 3.63. The quantitative estimate of drug-likeness (QED) is 0.466. The first-order valence-corrected chi connectivity index (χ1v) is 14.0. The van der Waals surface area contributed by atoms with Gasteiger partial charge in [-0.05, 0) is 85.9 Å². The van der Waals surface area contributed by atoms with Crippen LogP contribution in [0.3, 0.4) is 0 Å². The summed E-state index contributed by atoms with van der Waals surface area (Å²) >= 11 is 0. The van der Waals surface area contributed by atoms with E-state index >= 15 is 0 Å². The highest BCUT2D eigenvalue weighted by Gasteiger charge is 2.68. The Bertz CT molecular complexity index is 720. The maximum Gasteiger partial charge on any atom is 0.303 e. The normalized spacial score (nSPS) is 48.0. The van der Waals surface area contributed by atoms with E-state index in [4.69, 9.17) is 4.74 Å². The fraction of sp³-hybridized carbons (Fsp3) is 0.966. The first kappa shape index (κ1) is 25.5. The van der Waals surface area contributed by atoms with Crippen molar-refractivity contribution in [1.29, 1.82) is 0 Å². The number of hydrogen-bond acceptors (Lipinski definition) is 4. The van der Waals surface area contributed by atoms with Crippen LogP contribution in [0.15, 0.2) is 0 Å². The largest absolute Gasteiger partial charge is 0.459 e. The number of carbonyl (C=O) groups excluding carboxylic acids is 1. The molecule has 4 aliphatic carbocycles. The number of aliphatic hydroxyl groups excluding tert-OH is 1. The highest BCUT2D eigenvalue weighted by molar-refractivity contribution is 5.66. The molecule has 2 N–H and O–H groups in total. The van der Waals surface area contributed by atoms with Gasteiger partial charge < -0.3 is 14.9 Å². The van der Waals surface area contributed by atoms with E-state index in [9.17, 15) is 15.0 Å². The Morgan fingerprint density at radius 2 is 1.76 bits per heavy atom. The van der Waals surface area contributed by atoms with Crippen molar-refractivity contribution in [1.82, 2.24) is 0 Å². The molecule has 0 heterocycles. The molecule has 33 heavy (non-hydrogen) atoms. The molecule has 0 saturated heterocycles. The third-order valence-corrected chi connectivity index (χ3v) is 11.3. The number of aliphatic hydroxyl groups is 2. The van der Waals surface area contributed by atoms with E-state index in [1.54, 1.807) is 0 Å². The highest BCUT2D eigenvalue weighted by Crippen LogP contribution is 2.69. The van der Waals surface area contributed by atoms with E-state index in [1.807, 2.05) is 0 Å². The lowest BCUT2D eigenvalue weighted by atomic mass is 9.42. The van der Waals surface area contributed by atoms with Gasteiger partial charge >= 0.3 is 5.97 Å². The number of fused-ring (bicyclic) bond motifs is 5. The molecule has 4 rings (SSSR count). The molecule has 0 unspecified atom stereocenters. The van der Waals surface area contributed by atoms with Crippen LogP contribution in [0.1, 0.15) is 112 Å². The van der Waals surface area contributed by atoms with E-state index in [0.29, 0.717) is 29.6 Å². The average Bonchev–Trinajstić information content (AvgIpc) is 3.07. The maximum atomic E-state index is 12.1. The van der Waals surface area contributed by atoms with Crippen LogP contribution in [0, 0.1) is 46.3 Å². The minimum Gasteiger partial charge on any atom is -0.459 e. The van der Waals surface area contributed by atoms with Crippen molar-refractivity contribution in [2.45, 2.75) is 130 Å². The topological polar surface area (TPSA) is 66.8 Å². The van der Waals surface area contributed by atoms with Crippen LogP contribution in [0.2, 0.25) is 0 Å². The number of carbonyl (C=O) groups is 1. The number of rotatable bonds is 6. The summed E-state index contributed by atoms with van der Waals surface area (Å²) in [6.45, 7) is 13.4. The highest BCUT2D eigenvalue weighted by atomic mass is 16.6. The molecule has 0 bridgehead atoms. The second-order valence-electron chi connectivity index (χ2n) is 13.5. The van der Waals surface area contributed by atoms with Crippen LogP contribution < -0.4 is 0 Å². The lowest BCUT2D eigenvalue weighted by molar-refractivity contribution is -0.269. The smallest absolute Gasteiger partial charge is 0.303 e. The van der Waals surface area contributed by atoms with E-state index in [-0.39, 0.29) is 11.4 Å². The molecule has 0 aromatic rings. The summed E-state index contributed by atoms with van der Waals surface area (Å²) in [4.78, 5) is 12.1. The van der Waals surface area contributed by atoms with Gasteiger partial charge in [0.15, 0.2) is 0 Å². The first-order chi connectivity index (χ1) is 15.4. The summed E-state index contributed by atoms with van der Waals surface area (Å²) in [7, 11) is 0. The SMILES string of the molecule is CC(=O)O[C@@H]1C[C@@H]2[C@@H](CC[C@]3(C)[C@@H]([C@H](C)CCCC(C)C)CC[C@@H]23)[C@]2(C)CC[C@H](O)C[C@@]12O. The Kier molecular flexibility index (Phi) is 7.04. The molecule has 10 atom stereocenters. The lowest BCUT2D eigenvalue weighted by Crippen LogP contribution is -2.69. The molecular weight excluding hydrogens is 412 g/mol. The Labute approximate surface area is 202 Å². The van der Waals surface area contributed by atoms with Crippen molar-refractivity contribution in [2.24, 2.45) is 46.3 Å². The Morgan fingerprint density at radius 3 is 2.42 bits per heavy atom. The molecule has 4 aliphatic rings. The molecule has 0 aromatic carbocycles. The van der Waals surface area contributed by atoms with E-state index in [2.05, 4.69) is 34.6 Å². The monoisotopic (exact) mass is 462 g/mol. The summed E-state index contributed by atoms with van der Waals surface area (Å²) < 4.78 is 5.86. The molecule has 0 spiro atoms. The zero-order valence-electron chi connectivity index (χ0n) is 22.1. The molecule has 0 aromatic heterocycles. The minimum absolute atomic E-state index is 0.294. The maximum absolute atomic E-state index is 12.1. The molecule has 4 saturated carbocycles. The van der Waals surface area contributed by atoms with Gasteiger partial charge in [-0.25, -0.2) is 0 Å². The third-order valence-electron chi connectivity index (χ3n) is 11.3. The average molecular weight is 463 g/mol. The molecule has 0 aliphatic heterocycles. The van der Waals surface area contributed by atoms with Crippen molar-refractivity contribution in [3.63, 3.8) is 0 Å². The van der Waals surface area contributed by atoms with Crippen LogP contribution in [0.25, 0.3) is 0 Å².